The number of aromatic carboxylic acids is 1. The predicted octanol–water partition coefficient (Wildman–Crippen LogP) is 3.55. The van der Waals surface area contributed by atoms with Gasteiger partial charge in [0, 0.05) is 6.07 Å². The number of halogens is 1. The molecule has 0 aliphatic heterocycles. The Morgan fingerprint density at radius 2 is 1.52 bits per heavy atom. The van der Waals surface area contributed by atoms with E-state index in [-0.39, 0.29) is 26.9 Å². The maximum atomic E-state index is 12.8. The highest BCUT2D eigenvalue weighted by atomic mass is 35.5. The number of nitrogens with one attached hydrogen (secondary N) is 2. The van der Waals surface area contributed by atoms with Crippen LogP contribution in [0.5, 0.6) is 0 Å². The predicted molar refractivity (Wildman–Crippen MR) is 120 cm³/mol. The van der Waals surface area contributed by atoms with E-state index in [1.165, 1.54) is 42.5 Å². The Morgan fingerprint density at radius 3 is 2.18 bits per heavy atom. The molecule has 0 aliphatic carbocycles. The standard InChI is InChI=1S/C19H14ClN3O8S2/c20-16-9-8-14(11-18(16)23(26)27)32(28,29)21-12-4-3-5-13(10-12)33(30,31)22-17-7-2-1-6-15(17)19(24)25/h1-11,21-22H,(H,24,25). The summed E-state index contributed by atoms with van der Waals surface area (Å²) in [4.78, 5) is 20.7. The van der Waals surface area contributed by atoms with Gasteiger partial charge in [0.05, 0.1) is 31.7 Å². The van der Waals surface area contributed by atoms with Crippen LogP contribution in [0.3, 0.4) is 0 Å². The first-order valence-corrected chi connectivity index (χ1v) is 12.2. The van der Waals surface area contributed by atoms with Gasteiger partial charge < -0.3 is 5.11 Å². The molecule has 14 heteroatoms. The first-order chi connectivity index (χ1) is 15.4. The lowest BCUT2D eigenvalue weighted by Crippen LogP contribution is -2.17. The van der Waals surface area contributed by atoms with Crippen molar-refractivity contribution in [3.05, 3.63) is 87.4 Å². The summed E-state index contributed by atoms with van der Waals surface area (Å²) in [6.45, 7) is 0. The molecule has 3 aromatic rings. The van der Waals surface area contributed by atoms with Crippen LogP contribution in [0.1, 0.15) is 10.4 Å². The minimum absolute atomic E-state index is 0.151. The number of carbonyl (C=O) groups is 1. The molecule has 0 saturated carbocycles. The smallest absolute Gasteiger partial charge is 0.337 e. The molecule has 0 spiro atoms. The summed E-state index contributed by atoms with van der Waals surface area (Å²) < 4.78 is 55.1. The molecule has 3 N–H and O–H groups in total. The number of carboxylic acids is 1. The van der Waals surface area contributed by atoms with Crippen LogP contribution >= 0.6 is 11.6 Å². The van der Waals surface area contributed by atoms with Crippen molar-refractivity contribution in [3.8, 4) is 0 Å². The Morgan fingerprint density at radius 1 is 0.879 bits per heavy atom. The molecule has 0 bridgehead atoms. The fraction of sp³-hybridized carbons (Fsp3) is 0. The van der Waals surface area contributed by atoms with Gasteiger partial charge in [0.25, 0.3) is 25.7 Å². The third kappa shape index (κ3) is 5.39. The molecule has 3 aromatic carbocycles. The van der Waals surface area contributed by atoms with Crippen LogP contribution in [-0.2, 0) is 20.0 Å². The molecule has 0 aromatic heterocycles. The lowest BCUT2D eigenvalue weighted by Gasteiger charge is -2.12. The second-order valence-corrected chi connectivity index (χ2v) is 10.2. The highest BCUT2D eigenvalue weighted by Gasteiger charge is 2.22. The Hall–Kier alpha value is -3.68. The maximum absolute atomic E-state index is 12.8. The lowest BCUT2D eigenvalue weighted by atomic mass is 10.2. The Balaban J connectivity index is 1.92. The van der Waals surface area contributed by atoms with E-state index in [9.17, 15) is 36.9 Å². The van der Waals surface area contributed by atoms with Crippen LogP contribution in [0.15, 0.2) is 76.5 Å². The molecule has 0 atom stereocenters. The molecule has 0 saturated heterocycles. The molecule has 11 nitrogen and oxygen atoms in total. The van der Waals surface area contributed by atoms with E-state index in [4.69, 9.17) is 11.6 Å². The van der Waals surface area contributed by atoms with Gasteiger partial charge in [-0.25, -0.2) is 21.6 Å². The summed E-state index contributed by atoms with van der Waals surface area (Å²) in [6.07, 6.45) is 0. The van der Waals surface area contributed by atoms with Crippen LogP contribution in [-0.4, -0.2) is 32.8 Å². The Labute approximate surface area is 192 Å². The summed E-state index contributed by atoms with van der Waals surface area (Å²) in [7, 11) is -8.62. The molecule has 0 radical (unpaired) electrons. The number of benzene rings is 3. The zero-order valence-corrected chi connectivity index (χ0v) is 18.7. The Bertz CT molecular complexity index is 1470. The zero-order valence-electron chi connectivity index (χ0n) is 16.3. The van der Waals surface area contributed by atoms with Gasteiger partial charge in [-0.2, -0.15) is 0 Å². The number of carboxylic acid groups (broad SMARTS) is 1. The Kier molecular flexibility index (Phi) is 6.58. The summed E-state index contributed by atoms with van der Waals surface area (Å²) >= 11 is 5.70. The minimum atomic E-state index is -4.33. The van der Waals surface area contributed by atoms with Crippen molar-refractivity contribution >= 4 is 54.7 Å². The quantitative estimate of drug-likeness (QED) is 0.304. The van der Waals surface area contributed by atoms with E-state index in [1.54, 1.807) is 0 Å². The lowest BCUT2D eigenvalue weighted by molar-refractivity contribution is -0.384. The van der Waals surface area contributed by atoms with E-state index < -0.39 is 41.5 Å². The largest absolute Gasteiger partial charge is 0.478 e. The van der Waals surface area contributed by atoms with Gasteiger partial charge in [-0.15, -0.1) is 0 Å². The van der Waals surface area contributed by atoms with Gasteiger partial charge in [0.1, 0.15) is 5.02 Å². The van der Waals surface area contributed by atoms with Gasteiger partial charge in [-0.1, -0.05) is 29.8 Å². The summed E-state index contributed by atoms with van der Waals surface area (Å²) in [6, 6.07) is 13.0. The van der Waals surface area contributed by atoms with Crippen molar-refractivity contribution < 1.29 is 31.7 Å². The highest BCUT2D eigenvalue weighted by Crippen LogP contribution is 2.29. The summed E-state index contributed by atoms with van der Waals surface area (Å²) in [5.41, 5.74) is -1.22. The van der Waals surface area contributed by atoms with Gasteiger partial charge in [-0.3, -0.25) is 19.6 Å². The fourth-order valence-electron chi connectivity index (χ4n) is 2.70. The monoisotopic (exact) mass is 511 g/mol. The van der Waals surface area contributed by atoms with Crippen LogP contribution < -0.4 is 9.44 Å². The van der Waals surface area contributed by atoms with Crippen molar-refractivity contribution in [3.63, 3.8) is 0 Å². The first-order valence-electron chi connectivity index (χ1n) is 8.83. The molecule has 33 heavy (non-hydrogen) atoms. The maximum Gasteiger partial charge on any atom is 0.337 e. The van der Waals surface area contributed by atoms with Crippen LogP contribution in [0.25, 0.3) is 0 Å². The molecule has 0 heterocycles. The zero-order chi connectivity index (χ0) is 24.4. The number of anilines is 2. The molecule has 0 aliphatic rings. The number of hydrogen-bond donors (Lipinski definition) is 3. The average molecular weight is 512 g/mol. The number of para-hydroxylation sites is 1. The van der Waals surface area contributed by atoms with Crippen LogP contribution in [0.2, 0.25) is 5.02 Å². The number of nitro groups is 1. The van der Waals surface area contributed by atoms with Gasteiger partial charge in [0.2, 0.25) is 0 Å². The third-order valence-electron chi connectivity index (χ3n) is 4.22. The van der Waals surface area contributed by atoms with Gasteiger partial charge >= 0.3 is 5.97 Å². The molecule has 3 rings (SSSR count). The summed E-state index contributed by atoms with van der Waals surface area (Å²) in [5.74, 6) is -1.34. The SMILES string of the molecule is O=C(O)c1ccccc1NS(=O)(=O)c1cccc(NS(=O)(=O)c2ccc(Cl)c([N+](=O)[O-])c2)c1. The van der Waals surface area contributed by atoms with E-state index in [0.717, 1.165) is 24.3 Å². The van der Waals surface area contributed by atoms with E-state index in [2.05, 4.69) is 9.44 Å². The molecular formula is C19H14ClN3O8S2. The molecule has 0 fully saturated rings. The second kappa shape index (κ2) is 9.05. The number of rotatable bonds is 8. The first kappa shape index (κ1) is 24.0. The number of hydrogen-bond acceptors (Lipinski definition) is 7. The van der Waals surface area contributed by atoms with E-state index in [1.807, 2.05) is 0 Å². The van der Waals surface area contributed by atoms with Gasteiger partial charge in [-0.05, 0) is 42.5 Å². The minimum Gasteiger partial charge on any atom is -0.478 e. The topological polar surface area (TPSA) is 173 Å². The number of nitro benzene ring substituents is 1. The third-order valence-corrected chi connectivity index (χ3v) is 7.28. The van der Waals surface area contributed by atoms with Crippen LogP contribution in [0, 0.1) is 10.1 Å². The fourth-order valence-corrected chi connectivity index (χ4v) is 5.08. The molecule has 0 amide bonds. The molecular weight excluding hydrogens is 498 g/mol. The second-order valence-electron chi connectivity index (χ2n) is 6.46. The van der Waals surface area contributed by atoms with Crippen molar-refractivity contribution in [1.82, 2.24) is 0 Å². The van der Waals surface area contributed by atoms with E-state index in [0.29, 0.717) is 0 Å². The van der Waals surface area contributed by atoms with E-state index >= 15 is 0 Å². The van der Waals surface area contributed by atoms with Crippen molar-refractivity contribution in [2.24, 2.45) is 0 Å². The average Bonchev–Trinajstić information content (AvgIpc) is 2.73. The number of nitrogens with zero attached hydrogens (tertiary/aromatic N) is 1. The van der Waals surface area contributed by atoms with Gasteiger partial charge in [0.15, 0.2) is 0 Å². The van der Waals surface area contributed by atoms with Crippen molar-refractivity contribution in [2.45, 2.75) is 9.79 Å². The normalized spacial score (nSPS) is 11.5. The van der Waals surface area contributed by atoms with Crippen molar-refractivity contribution in [1.29, 1.82) is 0 Å². The number of sulfonamides is 2. The summed E-state index contributed by atoms with van der Waals surface area (Å²) in [5, 5.41) is 20.0. The molecule has 172 valence electrons. The van der Waals surface area contributed by atoms with Crippen LogP contribution in [0.4, 0.5) is 17.1 Å². The van der Waals surface area contributed by atoms with Crippen molar-refractivity contribution in [2.75, 3.05) is 9.44 Å². The molecule has 0 unspecified atom stereocenters. The highest BCUT2D eigenvalue weighted by molar-refractivity contribution is 7.93.